The van der Waals surface area contributed by atoms with Crippen LogP contribution in [0.25, 0.3) is 5.69 Å². The minimum Gasteiger partial charge on any atom is -0.379 e. The summed E-state index contributed by atoms with van der Waals surface area (Å²) in [6.07, 6.45) is 2.31. The fraction of sp³-hybridized carbons (Fsp3) is 0.500. The van der Waals surface area contributed by atoms with Crippen LogP contribution in [0.1, 0.15) is 23.4 Å². The van der Waals surface area contributed by atoms with E-state index >= 15 is 0 Å². The van der Waals surface area contributed by atoms with Crippen LogP contribution in [0.4, 0.5) is 0 Å². The van der Waals surface area contributed by atoms with Crippen LogP contribution in [-0.2, 0) is 11.2 Å². The van der Waals surface area contributed by atoms with Crippen molar-refractivity contribution in [1.82, 2.24) is 14.7 Å². The molecule has 0 bridgehead atoms. The monoisotopic (exact) mass is 299 g/mol. The number of benzene rings is 1. The van der Waals surface area contributed by atoms with Gasteiger partial charge in [-0.15, -0.1) is 0 Å². The molecule has 0 spiro atoms. The Labute approximate surface area is 132 Å². The highest BCUT2D eigenvalue weighted by Crippen LogP contribution is 2.15. The molecule has 4 nitrogen and oxygen atoms in total. The second-order valence-electron chi connectivity index (χ2n) is 6.07. The lowest BCUT2D eigenvalue weighted by atomic mass is 10.1. The topological polar surface area (TPSA) is 30.3 Å². The third-order valence-electron chi connectivity index (χ3n) is 4.21. The van der Waals surface area contributed by atoms with Crippen molar-refractivity contribution in [2.24, 2.45) is 0 Å². The number of aryl methyl sites for hydroxylation is 3. The Bertz CT molecular complexity index is 615. The first-order chi connectivity index (χ1) is 10.7. The van der Waals surface area contributed by atoms with Gasteiger partial charge in [0.2, 0.25) is 0 Å². The SMILES string of the molecule is Cc1cc(C)n(-c2cccc(CCCN3CCOCC3)c2)n1. The van der Waals surface area contributed by atoms with Crippen LogP contribution < -0.4 is 0 Å². The van der Waals surface area contributed by atoms with E-state index in [0.29, 0.717) is 0 Å². The maximum absolute atomic E-state index is 5.39. The van der Waals surface area contributed by atoms with Gasteiger partial charge in [-0.2, -0.15) is 5.10 Å². The van der Waals surface area contributed by atoms with Crippen LogP contribution in [0, 0.1) is 13.8 Å². The molecule has 0 radical (unpaired) electrons. The predicted octanol–water partition coefficient (Wildman–Crippen LogP) is 2.75. The molecule has 22 heavy (non-hydrogen) atoms. The van der Waals surface area contributed by atoms with Gasteiger partial charge in [-0.3, -0.25) is 4.90 Å². The second-order valence-corrected chi connectivity index (χ2v) is 6.07. The highest BCUT2D eigenvalue weighted by molar-refractivity contribution is 5.37. The van der Waals surface area contributed by atoms with Gasteiger partial charge in [0.1, 0.15) is 0 Å². The van der Waals surface area contributed by atoms with Crippen LogP contribution in [-0.4, -0.2) is 47.5 Å². The first-order valence-corrected chi connectivity index (χ1v) is 8.15. The van der Waals surface area contributed by atoms with E-state index in [2.05, 4.69) is 47.3 Å². The fourth-order valence-electron chi connectivity index (χ4n) is 3.07. The smallest absolute Gasteiger partial charge is 0.0651 e. The lowest BCUT2D eigenvalue weighted by Crippen LogP contribution is -2.36. The van der Waals surface area contributed by atoms with Crippen molar-refractivity contribution in [2.45, 2.75) is 26.7 Å². The van der Waals surface area contributed by atoms with Crippen molar-refractivity contribution in [2.75, 3.05) is 32.8 Å². The lowest BCUT2D eigenvalue weighted by Gasteiger charge is -2.26. The Hall–Kier alpha value is -1.65. The van der Waals surface area contributed by atoms with Crippen molar-refractivity contribution in [1.29, 1.82) is 0 Å². The number of ether oxygens (including phenoxy) is 1. The summed E-state index contributed by atoms with van der Waals surface area (Å²) < 4.78 is 7.42. The van der Waals surface area contributed by atoms with E-state index in [0.717, 1.165) is 50.7 Å². The third kappa shape index (κ3) is 3.76. The summed E-state index contributed by atoms with van der Waals surface area (Å²) in [5.74, 6) is 0. The fourth-order valence-corrected chi connectivity index (χ4v) is 3.07. The molecule has 1 saturated heterocycles. The quantitative estimate of drug-likeness (QED) is 0.850. The second kappa shape index (κ2) is 7.07. The molecule has 0 N–H and O–H groups in total. The van der Waals surface area contributed by atoms with Gasteiger partial charge in [-0.05, 0) is 57.0 Å². The number of hydrogen-bond donors (Lipinski definition) is 0. The molecule has 0 atom stereocenters. The Morgan fingerprint density at radius 1 is 1.14 bits per heavy atom. The van der Waals surface area contributed by atoms with Gasteiger partial charge < -0.3 is 4.74 Å². The lowest BCUT2D eigenvalue weighted by molar-refractivity contribution is 0.0375. The summed E-state index contributed by atoms with van der Waals surface area (Å²) in [6, 6.07) is 10.9. The first-order valence-electron chi connectivity index (χ1n) is 8.15. The molecule has 2 heterocycles. The summed E-state index contributed by atoms with van der Waals surface area (Å²) in [4.78, 5) is 2.49. The number of aromatic nitrogens is 2. The molecule has 0 amide bonds. The molecular formula is C18H25N3O. The van der Waals surface area contributed by atoms with E-state index < -0.39 is 0 Å². The number of nitrogens with zero attached hydrogens (tertiary/aromatic N) is 3. The summed E-state index contributed by atoms with van der Waals surface area (Å²) >= 11 is 0. The molecule has 118 valence electrons. The van der Waals surface area contributed by atoms with Crippen molar-refractivity contribution in [3.05, 3.63) is 47.3 Å². The van der Waals surface area contributed by atoms with E-state index in [4.69, 9.17) is 4.74 Å². The zero-order valence-corrected chi connectivity index (χ0v) is 13.6. The molecule has 2 aromatic rings. The predicted molar refractivity (Wildman–Crippen MR) is 88.6 cm³/mol. The first kappa shape index (κ1) is 15.3. The average Bonchev–Trinajstić information content (AvgIpc) is 2.87. The van der Waals surface area contributed by atoms with Crippen molar-refractivity contribution < 1.29 is 4.74 Å². The van der Waals surface area contributed by atoms with Gasteiger partial charge in [-0.1, -0.05) is 12.1 Å². The maximum atomic E-state index is 5.39. The van der Waals surface area contributed by atoms with Crippen molar-refractivity contribution in [3.63, 3.8) is 0 Å². The maximum Gasteiger partial charge on any atom is 0.0651 e. The minimum absolute atomic E-state index is 0.882. The molecule has 0 unspecified atom stereocenters. The Kier molecular flexibility index (Phi) is 4.90. The molecule has 1 aliphatic heterocycles. The molecule has 4 heteroatoms. The summed E-state index contributed by atoms with van der Waals surface area (Å²) in [5, 5.41) is 4.57. The van der Waals surface area contributed by atoms with Gasteiger partial charge in [0.25, 0.3) is 0 Å². The van der Waals surface area contributed by atoms with Gasteiger partial charge >= 0.3 is 0 Å². The van der Waals surface area contributed by atoms with E-state index in [1.807, 2.05) is 11.6 Å². The molecule has 0 saturated carbocycles. The number of rotatable bonds is 5. The summed E-state index contributed by atoms with van der Waals surface area (Å²) in [7, 11) is 0. The molecule has 1 fully saturated rings. The Morgan fingerprint density at radius 2 is 1.95 bits per heavy atom. The molecule has 1 aromatic heterocycles. The minimum atomic E-state index is 0.882. The molecule has 3 rings (SSSR count). The standard InChI is InChI=1S/C18H25N3O/c1-15-13-16(2)21(19-15)18-7-3-5-17(14-18)6-4-8-20-9-11-22-12-10-20/h3,5,7,13-14H,4,6,8-12H2,1-2H3. The largest absolute Gasteiger partial charge is 0.379 e. The Morgan fingerprint density at radius 3 is 2.68 bits per heavy atom. The molecular weight excluding hydrogens is 274 g/mol. The average molecular weight is 299 g/mol. The van der Waals surface area contributed by atoms with Crippen LogP contribution in [0.15, 0.2) is 30.3 Å². The van der Waals surface area contributed by atoms with Gasteiger partial charge in [-0.25, -0.2) is 4.68 Å². The number of morpholine rings is 1. The molecule has 1 aromatic carbocycles. The zero-order chi connectivity index (χ0) is 15.4. The normalized spacial score (nSPS) is 16.1. The molecule has 0 aliphatic carbocycles. The van der Waals surface area contributed by atoms with Gasteiger partial charge in [0.15, 0.2) is 0 Å². The van der Waals surface area contributed by atoms with Gasteiger partial charge in [0, 0.05) is 18.8 Å². The van der Waals surface area contributed by atoms with E-state index in [1.54, 1.807) is 0 Å². The number of hydrogen-bond acceptors (Lipinski definition) is 3. The van der Waals surface area contributed by atoms with E-state index in [-0.39, 0.29) is 0 Å². The molecule has 1 aliphatic rings. The van der Waals surface area contributed by atoms with Gasteiger partial charge in [0.05, 0.1) is 24.6 Å². The zero-order valence-electron chi connectivity index (χ0n) is 13.6. The van der Waals surface area contributed by atoms with E-state index in [9.17, 15) is 0 Å². The summed E-state index contributed by atoms with van der Waals surface area (Å²) in [5.41, 5.74) is 4.80. The van der Waals surface area contributed by atoms with Crippen LogP contribution in [0.5, 0.6) is 0 Å². The summed E-state index contributed by atoms with van der Waals surface area (Å²) in [6.45, 7) is 9.21. The van der Waals surface area contributed by atoms with Crippen LogP contribution in [0.2, 0.25) is 0 Å². The Balaban J connectivity index is 1.60. The van der Waals surface area contributed by atoms with E-state index in [1.165, 1.54) is 17.7 Å². The highest BCUT2D eigenvalue weighted by atomic mass is 16.5. The van der Waals surface area contributed by atoms with Crippen LogP contribution in [0.3, 0.4) is 0 Å². The highest BCUT2D eigenvalue weighted by Gasteiger charge is 2.10. The van der Waals surface area contributed by atoms with Crippen molar-refractivity contribution >= 4 is 0 Å². The van der Waals surface area contributed by atoms with Crippen LogP contribution >= 0.6 is 0 Å². The third-order valence-corrected chi connectivity index (χ3v) is 4.21. The van der Waals surface area contributed by atoms with Crippen molar-refractivity contribution in [3.8, 4) is 5.69 Å².